The van der Waals surface area contributed by atoms with Crippen LogP contribution in [0.1, 0.15) is 17.5 Å². The van der Waals surface area contributed by atoms with Crippen LogP contribution in [0.2, 0.25) is 0 Å². The molecule has 1 fully saturated rings. The molecule has 2 bridgehead atoms. The number of benzene rings is 2. The smallest absolute Gasteiger partial charge is 0.310 e. The van der Waals surface area contributed by atoms with Crippen molar-refractivity contribution in [1.29, 1.82) is 0 Å². The minimum absolute atomic E-state index is 0.0274. The van der Waals surface area contributed by atoms with Gasteiger partial charge in [-0.2, -0.15) is 0 Å². The Bertz CT molecular complexity index is 851. The summed E-state index contributed by atoms with van der Waals surface area (Å²) in [5.41, 5.74) is 2.13. The predicted octanol–water partition coefficient (Wildman–Crippen LogP) is 3.94. The third-order valence-corrected chi connectivity index (χ3v) is 6.17. The molecule has 6 heteroatoms. The molecule has 2 aromatic carbocycles. The van der Waals surface area contributed by atoms with Gasteiger partial charge in [-0.15, -0.1) is 0 Å². The fraction of sp³-hybridized carbons (Fsp3) is 0.407. The van der Waals surface area contributed by atoms with E-state index in [1.54, 1.807) is 0 Å². The minimum Gasteiger partial charge on any atom is -0.463 e. The maximum atomic E-state index is 12.8. The Morgan fingerprint density at radius 2 is 1.06 bits per heavy atom. The van der Waals surface area contributed by atoms with Gasteiger partial charge in [0.1, 0.15) is 13.2 Å². The van der Waals surface area contributed by atoms with Gasteiger partial charge in [-0.25, -0.2) is 0 Å². The molecule has 1 saturated carbocycles. The van der Waals surface area contributed by atoms with Gasteiger partial charge in [-0.3, -0.25) is 9.59 Å². The van der Waals surface area contributed by atoms with E-state index >= 15 is 0 Å². The molecule has 33 heavy (non-hydrogen) atoms. The monoisotopic (exact) mass is 450 g/mol. The lowest BCUT2D eigenvalue weighted by Crippen LogP contribution is -2.36. The number of hydrogen-bond donors (Lipinski definition) is 0. The number of carbonyl (C=O) groups is 2. The molecule has 4 atom stereocenters. The van der Waals surface area contributed by atoms with E-state index in [-0.39, 0.29) is 37.0 Å². The molecule has 174 valence electrons. The summed E-state index contributed by atoms with van der Waals surface area (Å²) in [5, 5.41) is 0. The van der Waals surface area contributed by atoms with Crippen LogP contribution in [0.4, 0.5) is 0 Å². The van der Waals surface area contributed by atoms with Crippen molar-refractivity contribution in [3.05, 3.63) is 83.9 Å². The second kappa shape index (κ2) is 11.8. The molecule has 4 rings (SSSR count). The van der Waals surface area contributed by atoms with Gasteiger partial charge in [0.15, 0.2) is 0 Å². The Hall–Kier alpha value is -2.96. The molecule has 2 aromatic rings. The van der Waals surface area contributed by atoms with E-state index < -0.39 is 11.8 Å². The summed E-state index contributed by atoms with van der Waals surface area (Å²) in [7, 11) is 0. The highest BCUT2D eigenvalue weighted by Gasteiger charge is 2.53. The van der Waals surface area contributed by atoms with Crippen LogP contribution in [-0.2, 0) is 41.8 Å². The largest absolute Gasteiger partial charge is 0.463 e. The van der Waals surface area contributed by atoms with Crippen LogP contribution in [0.5, 0.6) is 0 Å². The van der Waals surface area contributed by atoms with E-state index in [9.17, 15) is 9.59 Å². The van der Waals surface area contributed by atoms with Crippen LogP contribution in [0, 0.1) is 23.7 Å². The van der Waals surface area contributed by atoms with Gasteiger partial charge in [0.05, 0.1) is 38.3 Å². The molecule has 0 spiro atoms. The van der Waals surface area contributed by atoms with Crippen LogP contribution in [0.3, 0.4) is 0 Å². The maximum Gasteiger partial charge on any atom is 0.310 e. The van der Waals surface area contributed by atoms with Crippen molar-refractivity contribution in [1.82, 2.24) is 0 Å². The van der Waals surface area contributed by atoms with Crippen molar-refractivity contribution in [2.24, 2.45) is 23.7 Å². The van der Waals surface area contributed by atoms with Crippen molar-refractivity contribution in [2.75, 3.05) is 26.4 Å². The number of rotatable bonds is 12. The number of carbonyl (C=O) groups excluding carboxylic acids is 2. The Labute approximate surface area is 194 Å². The molecule has 0 radical (unpaired) electrons. The topological polar surface area (TPSA) is 71.1 Å². The van der Waals surface area contributed by atoms with Crippen molar-refractivity contribution in [3.63, 3.8) is 0 Å². The summed E-state index contributed by atoms with van der Waals surface area (Å²) < 4.78 is 22.1. The molecule has 0 heterocycles. The lowest BCUT2D eigenvalue weighted by molar-refractivity contribution is -0.163. The van der Waals surface area contributed by atoms with Gasteiger partial charge in [0.2, 0.25) is 0 Å². The average Bonchev–Trinajstić information content (AvgIpc) is 3.47. The molecule has 6 nitrogen and oxygen atoms in total. The number of ether oxygens (including phenoxy) is 4. The summed E-state index contributed by atoms with van der Waals surface area (Å²) in [6, 6.07) is 19.7. The molecule has 0 N–H and O–H groups in total. The average molecular weight is 451 g/mol. The van der Waals surface area contributed by atoms with Crippen molar-refractivity contribution in [2.45, 2.75) is 19.6 Å². The van der Waals surface area contributed by atoms with Crippen LogP contribution < -0.4 is 0 Å². The van der Waals surface area contributed by atoms with Crippen molar-refractivity contribution >= 4 is 11.9 Å². The van der Waals surface area contributed by atoms with Crippen LogP contribution in [0.25, 0.3) is 0 Å². The standard InChI is InChI=1S/C27H30O6/c28-26(32-15-13-30-18-20-7-3-1-4-8-20)24-22-11-12-23(17-22)25(24)27(29)33-16-14-31-19-21-9-5-2-6-10-21/h1-12,22-25H,13-19H2. The van der Waals surface area contributed by atoms with E-state index in [2.05, 4.69) is 0 Å². The van der Waals surface area contributed by atoms with Gasteiger partial charge in [-0.05, 0) is 29.4 Å². The fourth-order valence-electron chi connectivity index (χ4n) is 4.59. The molecular weight excluding hydrogens is 420 g/mol. The molecule has 0 saturated heterocycles. The zero-order valence-corrected chi connectivity index (χ0v) is 18.6. The third-order valence-electron chi connectivity index (χ3n) is 6.17. The Morgan fingerprint density at radius 1 is 0.636 bits per heavy atom. The Morgan fingerprint density at radius 3 is 1.48 bits per heavy atom. The first-order valence-corrected chi connectivity index (χ1v) is 11.5. The van der Waals surface area contributed by atoms with Crippen molar-refractivity contribution in [3.8, 4) is 0 Å². The van der Waals surface area contributed by atoms with Gasteiger partial charge in [0, 0.05) is 0 Å². The highest BCUT2D eigenvalue weighted by molar-refractivity contribution is 5.84. The lowest BCUT2D eigenvalue weighted by Gasteiger charge is -2.25. The molecule has 2 aliphatic rings. The van der Waals surface area contributed by atoms with Crippen LogP contribution in [0.15, 0.2) is 72.8 Å². The summed E-state index contributed by atoms with van der Waals surface area (Å²) in [5.74, 6) is -1.63. The van der Waals surface area contributed by atoms with Gasteiger partial charge in [-0.1, -0.05) is 72.8 Å². The van der Waals surface area contributed by atoms with E-state index in [1.807, 2.05) is 72.8 Å². The first-order chi connectivity index (χ1) is 16.2. The Kier molecular flexibility index (Phi) is 8.28. The van der Waals surface area contributed by atoms with Gasteiger partial charge >= 0.3 is 11.9 Å². The zero-order valence-electron chi connectivity index (χ0n) is 18.6. The van der Waals surface area contributed by atoms with Gasteiger partial charge in [0.25, 0.3) is 0 Å². The predicted molar refractivity (Wildman–Crippen MR) is 122 cm³/mol. The third kappa shape index (κ3) is 6.30. The number of fused-ring (bicyclic) bond motifs is 2. The second-order valence-electron chi connectivity index (χ2n) is 8.41. The molecule has 4 unspecified atom stereocenters. The molecule has 0 aliphatic heterocycles. The molecule has 0 amide bonds. The molecular formula is C27H30O6. The highest BCUT2D eigenvalue weighted by atomic mass is 16.6. The van der Waals surface area contributed by atoms with Gasteiger partial charge < -0.3 is 18.9 Å². The lowest BCUT2D eigenvalue weighted by atomic mass is 9.83. The first kappa shape index (κ1) is 23.2. The first-order valence-electron chi connectivity index (χ1n) is 11.5. The highest BCUT2D eigenvalue weighted by Crippen LogP contribution is 2.49. The molecule has 0 aromatic heterocycles. The van der Waals surface area contributed by atoms with E-state index in [0.29, 0.717) is 26.4 Å². The number of hydrogen-bond acceptors (Lipinski definition) is 6. The fourth-order valence-corrected chi connectivity index (χ4v) is 4.59. The second-order valence-corrected chi connectivity index (χ2v) is 8.41. The van der Waals surface area contributed by atoms with E-state index in [1.165, 1.54) is 0 Å². The van der Waals surface area contributed by atoms with E-state index in [4.69, 9.17) is 18.9 Å². The maximum absolute atomic E-state index is 12.8. The van der Waals surface area contributed by atoms with Crippen LogP contribution >= 0.6 is 0 Å². The van der Waals surface area contributed by atoms with Crippen molar-refractivity contribution < 1.29 is 28.5 Å². The SMILES string of the molecule is O=C(OCCOCc1ccccc1)C1C2C=CC(C2)C1C(=O)OCCOCc1ccccc1. The minimum atomic E-state index is -0.494. The van der Waals surface area contributed by atoms with E-state index in [0.717, 1.165) is 17.5 Å². The normalized spacial score (nSPS) is 22.9. The molecule has 2 aliphatic carbocycles. The summed E-state index contributed by atoms with van der Waals surface area (Å²) in [4.78, 5) is 25.5. The zero-order chi connectivity index (χ0) is 22.9. The Balaban J connectivity index is 1.18. The van der Waals surface area contributed by atoms with Crippen LogP contribution in [-0.4, -0.2) is 38.4 Å². The number of allylic oxidation sites excluding steroid dienone is 2. The number of esters is 2. The quantitative estimate of drug-likeness (QED) is 0.277. The summed E-state index contributed by atoms with van der Waals surface area (Å²) in [6.07, 6.45) is 4.83. The summed E-state index contributed by atoms with van der Waals surface area (Å²) >= 11 is 0. The summed E-state index contributed by atoms with van der Waals surface area (Å²) in [6.45, 7) is 1.89.